The van der Waals surface area contributed by atoms with Gasteiger partial charge in [0.15, 0.2) is 27.9 Å². The van der Waals surface area contributed by atoms with E-state index < -0.39 is 22.3 Å². The lowest BCUT2D eigenvalue weighted by Gasteiger charge is -2.57. The topological polar surface area (TPSA) is 95.5 Å². The van der Waals surface area contributed by atoms with Crippen molar-refractivity contribution >= 4 is 16.9 Å². The normalized spacial score (nSPS) is 20.6. The van der Waals surface area contributed by atoms with Gasteiger partial charge in [-0.2, -0.15) is 0 Å². The van der Waals surface area contributed by atoms with E-state index in [0.717, 1.165) is 107 Å². The Bertz CT molecular complexity index is 1490. The molecule has 0 heterocycles. The van der Waals surface area contributed by atoms with Crippen LogP contribution in [0.2, 0.25) is 0 Å². The average molecular weight is 791 g/mol. The minimum atomic E-state index is -0.758. The number of benzene rings is 3. The lowest BCUT2D eigenvalue weighted by Crippen LogP contribution is -2.54. The van der Waals surface area contributed by atoms with E-state index in [1.807, 2.05) is 30.3 Å². The minimum absolute atomic E-state index is 0.394. The van der Waals surface area contributed by atoms with Crippen molar-refractivity contribution < 1.29 is 38.3 Å². The SMILES string of the molecule is CCCOc1cc(OCCC)c([S+](c2ccccc2)c2c(OCCC)cc(OCCC)cc2OCCC)c(OCCC)c1.O=C([O-])C12CC3CC(CC(C3)C1)C2. The fourth-order valence-electron chi connectivity index (χ4n) is 8.65. The number of rotatable bonds is 22. The monoisotopic (exact) mass is 790 g/mol. The van der Waals surface area contributed by atoms with Gasteiger partial charge in [-0.3, -0.25) is 0 Å². The van der Waals surface area contributed by atoms with Gasteiger partial charge in [0, 0.05) is 35.6 Å². The third-order valence-corrected chi connectivity index (χ3v) is 13.0. The van der Waals surface area contributed by atoms with Crippen molar-refractivity contribution in [1.29, 1.82) is 0 Å². The zero-order chi connectivity index (χ0) is 39.9. The highest BCUT2D eigenvalue weighted by Gasteiger charge is 2.51. The molecule has 8 nitrogen and oxygen atoms in total. The predicted octanol–water partition coefficient (Wildman–Crippen LogP) is 10.5. The van der Waals surface area contributed by atoms with Gasteiger partial charge in [-0.15, -0.1) is 0 Å². The fourth-order valence-corrected chi connectivity index (χ4v) is 11.0. The van der Waals surface area contributed by atoms with Gasteiger partial charge >= 0.3 is 0 Å². The van der Waals surface area contributed by atoms with Crippen LogP contribution in [0, 0.1) is 23.2 Å². The average Bonchev–Trinajstić information content (AvgIpc) is 3.20. The standard InChI is InChI=1S/C36H51O6S.C11H16O2/c1-7-18-37-28-24-31(39-20-9-3)35(32(25-28)40-21-10-4)43(30-16-14-13-15-17-30)36-33(41-22-11-5)26-29(38-19-8-2)27-34(36)42-23-12-6;12-10(13)11-4-7-1-8(5-11)3-9(2-7)6-11/h13-17,24-27H,7-12,18-23H2,1-6H3;7-9H,1-6H2,(H,12,13)/q+1;/p-1. The maximum absolute atomic E-state index is 11.1. The second-order valence-corrected chi connectivity index (χ2v) is 17.6. The van der Waals surface area contributed by atoms with Gasteiger partial charge in [0.2, 0.25) is 0 Å². The number of carboxylic acid groups (broad SMARTS) is 1. The summed E-state index contributed by atoms with van der Waals surface area (Å²) < 4.78 is 38.3. The summed E-state index contributed by atoms with van der Waals surface area (Å²) in [5, 5.41) is 11.1. The molecular weight excluding hydrogens is 725 g/mol. The maximum atomic E-state index is 11.1. The van der Waals surface area contributed by atoms with E-state index >= 15 is 0 Å². The summed E-state index contributed by atoms with van der Waals surface area (Å²) in [4.78, 5) is 14.2. The number of hydrogen-bond acceptors (Lipinski definition) is 8. The molecule has 4 fully saturated rings. The molecule has 3 aromatic carbocycles. The van der Waals surface area contributed by atoms with Gasteiger partial charge in [-0.25, -0.2) is 0 Å². The third kappa shape index (κ3) is 11.0. The van der Waals surface area contributed by atoms with Crippen LogP contribution < -0.4 is 33.5 Å². The van der Waals surface area contributed by atoms with Crippen LogP contribution in [-0.2, 0) is 15.7 Å². The molecule has 0 radical (unpaired) electrons. The fraction of sp³-hybridized carbons (Fsp3) is 0.596. The molecule has 4 aliphatic carbocycles. The molecule has 7 rings (SSSR count). The van der Waals surface area contributed by atoms with Gasteiger partial charge in [0.25, 0.3) is 9.79 Å². The van der Waals surface area contributed by atoms with Crippen LogP contribution in [-0.4, -0.2) is 45.6 Å². The molecular formula is C47H66O8S. The Hall–Kier alpha value is -3.72. The van der Waals surface area contributed by atoms with Gasteiger partial charge < -0.3 is 38.3 Å². The van der Waals surface area contributed by atoms with Gasteiger partial charge in [-0.1, -0.05) is 59.7 Å². The van der Waals surface area contributed by atoms with E-state index in [2.05, 4.69) is 65.8 Å². The lowest BCUT2D eigenvalue weighted by atomic mass is 9.49. The Kier molecular flexibility index (Phi) is 16.8. The van der Waals surface area contributed by atoms with E-state index in [1.165, 1.54) is 19.3 Å². The predicted molar refractivity (Wildman–Crippen MR) is 222 cm³/mol. The van der Waals surface area contributed by atoms with Gasteiger partial charge in [0.1, 0.15) is 22.4 Å². The van der Waals surface area contributed by atoms with Crippen LogP contribution in [0.25, 0.3) is 0 Å². The van der Waals surface area contributed by atoms with E-state index in [4.69, 9.17) is 28.4 Å². The molecule has 0 atom stereocenters. The first kappa shape index (κ1) is 43.4. The number of hydrogen-bond donors (Lipinski definition) is 0. The summed E-state index contributed by atoms with van der Waals surface area (Å²) in [5.74, 6) is 5.88. The Labute approximate surface area is 339 Å². The molecule has 56 heavy (non-hydrogen) atoms. The van der Waals surface area contributed by atoms with Crippen LogP contribution in [0.3, 0.4) is 0 Å². The second kappa shape index (κ2) is 21.7. The van der Waals surface area contributed by atoms with Gasteiger partial charge in [-0.05, 0) is 107 Å². The molecule has 4 aliphatic rings. The smallest absolute Gasteiger partial charge is 0.250 e. The van der Waals surface area contributed by atoms with Crippen LogP contribution in [0.5, 0.6) is 34.5 Å². The maximum Gasteiger partial charge on any atom is 0.250 e. The Morgan fingerprint density at radius 2 is 0.875 bits per heavy atom. The zero-order valence-electron chi connectivity index (χ0n) is 34.8. The van der Waals surface area contributed by atoms with E-state index in [1.54, 1.807) is 0 Å². The highest BCUT2D eigenvalue weighted by atomic mass is 32.2. The first-order valence-electron chi connectivity index (χ1n) is 21.4. The Morgan fingerprint density at radius 1 is 0.554 bits per heavy atom. The summed E-state index contributed by atoms with van der Waals surface area (Å²) in [7, 11) is -0.714. The molecule has 9 heteroatoms. The van der Waals surface area contributed by atoms with Crippen molar-refractivity contribution in [1.82, 2.24) is 0 Å². The summed E-state index contributed by atoms with van der Waals surface area (Å²) >= 11 is 0. The van der Waals surface area contributed by atoms with E-state index in [0.29, 0.717) is 57.4 Å². The number of aliphatic carboxylic acids is 1. The summed E-state index contributed by atoms with van der Waals surface area (Å²) in [6.45, 7) is 16.2. The van der Waals surface area contributed by atoms with Crippen molar-refractivity contribution in [2.45, 2.75) is 133 Å². The van der Waals surface area contributed by atoms with Crippen molar-refractivity contribution in [3.63, 3.8) is 0 Å². The minimum Gasteiger partial charge on any atom is -0.550 e. The van der Waals surface area contributed by atoms with Crippen molar-refractivity contribution in [2.75, 3.05) is 39.6 Å². The molecule has 0 spiro atoms. The molecule has 308 valence electrons. The Balaban J connectivity index is 0.000000381. The molecule has 4 bridgehead atoms. The molecule has 0 saturated heterocycles. The van der Waals surface area contributed by atoms with Crippen LogP contribution in [0.4, 0.5) is 0 Å². The molecule has 3 aromatic rings. The quantitative estimate of drug-likeness (QED) is 0.0929. The molecule has 0 unspecified atom stereocenters. The second-order valence-electron chi connectivity index (χ2n) is 15.7. The molecule has 4 saturated carbocycles. The number of carboxylic acids is 1. The third-order valence-electron chi connectivity index (χ3n) is 10.6. The lowest BCUT2D eigenvalue weighted by molar-refractivity contribution is -0.327. The largest absolute Gasteiger partial charge is 0.550 e. The molecule has 0 amide bonds. The first-order chi connectivity index (χ1) is 27.3. The Morgan fingerprint density at radius 3 is 1.18 bits per heavy atom. The molecule has 0 N–H and O–H groups in total. The van der Waals surface area contributed by atoms with Crippen molar-refractivity contribution in [3.8, 4) is 34.5 Å². The summed E-state index contributed by atoms with van der Waals surface area (Å²) in [6, 6.07) is 18.6. The first-order valence-corrected chi connectivity index (χ1v) is 22.6. The molecule has 0 aromatic heterocycles. The molecule has 0 aliphatic heterocycles. The number of carbonyl (C=O) groups excluding carboxylic acids is 1. The van der Waals surface area contributed by atoms with Crippen molar-refractivity contribution in [3.05, 3.63) is 54.6 Å². The summed E-state index contributed by atoms with van der Waals surface area (Å²) in [5.41, 5.74) is -0.394. The van der Waals surface area contributed by atoms with Gasteiger partial charge in [0.05, 0.1) is 39.6 Å². The van der Waals surface area contributed by atoms with E-state index in [9.17, 15) is 9.90 Å². The van der Waals surface area contributed by atoms with E-state index in [-0.39, 0.29) is 0 Å². The van der Waals surface area contributed by atoms with Crippen LogP contribution >= 0.6 is 0 Å². The highest BCUT2D eigenvalue weighted by molar-refractivity contribution is 7.97. The summed E-state index contributed by atoms with van der Waals surface area (Å²) in [6.07, 6.45) is 12.0. The zero-order valence-corrected chi connectivity index (χ0v) is 35.6. The van der Waals surface area contributed by atoms with Crippen LogP contribution in [0.15, 0.2) is 69.3 Å². The van der Waals surface area contributed by atoms with Crippen LogP contribution in [0.1, 0.15) is 119 Å². The highest BCUT2D eigenvalue weighted by Crippen LogP contribution is 2.59. The van der Waals surface area contributed by atoms with Crippen molar-refractivity contribution in [2.24, 2.45) is 23.2 Å². The number of carbonyl (C=O) groups is 1. The number of ether oxygens (including phenoxy) is 6.